The van der Waals surface area contributed by atoms with Crippen LogP contribution in [0.25, 0.3) is 0 Å². The van der Waals surface area contributed by atoms with Gasteiger partial charge in [0.2, 0.25) is 5.91 Å². The second kappa shape index (κ2) is 5.00. The fraction of sp³-hybridized carbons (Fsp3) is 0.300. The van der Waals surface area contributed by atoms with Crippen molar-refractivity contribution < 1.29 is 9.53 Å². The van der Waals surface area contributed by atoms with Crippen LogP contribution in [-0.4, -0.2) is 13.0 Å². The summed E-state index contributed by atoms with van der Waals surface area (Å²) in [7, 11) is 1.53. The van der Waals surface area contributed by atoms with Crippen molar-refractivity contribution in [2.45, 2.75) is 12.5 Å². The van der Waals surface area contributed by atoms with Crippen molar-refractivity contribution in [2.75, 3.05) is 7.11 Å². The van der Waals surface area contributed by atoms with Crippen LogP contribution in [0.4, 0.5) is 0 Å². The minimum atomic E-state index is -0.436. The highest BCUT2D eigenvalue weighted by Gasteiger charge is 2.11. The molecule has 0 aliphatic carbocycles. The molecule has 0 aliphatic heterocycles. The first kappa shape index (κ1) is 11.8. The van der Waals surface area contributed by atoms with Gasteiger partial charge >= 0.3 is 0 Å². The molecule has 1 amide bonds. The van der Waals surface area contributed by atoms with Crippen molar-refractivity contribution in [1.29, 1.82) is 0 Å². The molecule has 0 bridgehead atoms. The Kier molecular flexibility index (Phi) is 3.94. The van der Waals surface area contributed by atoms with Crippen LogP contribution in [0.1, 0.15) is 18.0 Å². The van der Waals surface area contributed by atoms with Crippen LogP contribution in [0, 0.1) is 0 Å². The second-order valence-electron chi connectivity index (χ2n) is 3.17. The van der Waals surface area contributed by atoms with Crippen LogP contribution in [0.15, 0.2) is 18.2 Å². The number of carbonyl (C=O) groups excluding carboxylic acids is 1. The van der Waals surface area contributed by atoms with Crippen molar-refractivity contribution in [3.05, 3.63) is 28.8 Å². The number of benzene rings is 1. The lowest BCUT2D eigenvalue weighted by Gasteiger charge is -2.11. The Labute approximate surface area is 93.1 Å². The zero-order valence-electron chi connectivity index (χ0n) is 8.37. The summed E-state index contributed by atoms with van der Waals surface area (Å²) >= 11 is 5.91. The standard InChI is InChI=1S/C10H13ClN2O2/c1-15-9-3-2-6(4-7(9)11)8(12)5-10(13)14/h2-4,8H,5,12H2,1H3,(H2,13,14)/t8-/m0/s1. The quantitative estimate of drug-likeness (QED) is 0.814. The van der Waals surface area contributed by atoms with Crippen LogP contribution in [0.2, 0.25) is 5.02 Å². The monoisotopic (exact) mass is 228 g/mol. The Morgan fingerprint density at radius 1 is 1.60 bits per heavy atom. The zero-order valence-corrected chi connectivity index (χ0v) is 9.12. The number of halogens is 1. The molecular weight excluding hydrogens is 216 g/mol. The van der Waals surface area contributed by atoms with Crippen molar-refractivity contribution in [1.82, 2.24) is 0 Å². The molecule has 82 valence electrons. The number of nitrogens with two attached hydrogens (primary N) is 2. The van der Waals surface area contributed by atoms with E-state index in [9.17, 15) is 4.79 Å². The van der Waals surface area contributed by atoms with Gasteiger partial charge in [-0.1, -0.05) is 17.7 Å². The van der Waals surface area contributed by atoms with Gasteiger partial charge in [0.05, 0.1) is 12.1 Å². The summed E-state index contributed by atoms with van der Waals surface area (Å²) in [6.07, 6.45) is 0.0999. The third-order valence-corrected chi connectivity index (χ3v) is 2.32. The molecule has 0 aliphatic rings. The van der Waals surface area contributed by atoms with Crippen LogP contribution in [0.3, 0.4) is 0 Å². The molecule has 5 heteroatoms. The van der Waals surface area contributed by atoms with Crippen LogP contribution < -0.4 is 16.2 Å². The van der Waals surface area contributed by atoms with E-state index in [1.54, 1.807) is 18.2 Å². The Morgan fingerprint density at radius 2 is 2.27 bits per heavy atom. The number of carbonyl (C=O) groups is 1. The molecule has 1 aromatic rings. The normalized spacial score (nSPS) is 12.2. The van der Waals surface area contributed by atoms with Crippen molar-refractivity contribution in [3.8, 4) is 5.75 Å². The van der Waals surface area contributed by atoms with Crippen LogP contribution >= 0.6 is 11.6 Å². The molecule has 0 saturated carbocycles. The first-order chi connectivity index (χ1) is 7.04. The summed E-state index contributed by atoms with van der Waals surface area (Å²) in [6, 6.07) is 4.72. The number of ether oxygens (including phenoxy) is 1. The number of hydrogen-bond acceptors (Lipinski definition) is 3. The molecule has 4 nitrogen and oxygen atoms in total. The van der Waals surface area contributed by atoms with Crippen molar-refractivity contribution in [3.63, 3.8) is 0 Å². The number of amides is 1. The van der Waals surface area contributed by atoms with E-state index in [1.807, 2.05) is 0 Å². The lowest BCUT2D eigenvalue weighted by atomic mass is 10.0. The third-order valence-electron chi connectivity index (χ3n) is 2.03. The summed E-state index contributed by atoms with van der Waals surface area (Å²) in [5.41, 5.74) is 11.6. The number of primary amides is 1. The molecule has 0 aromatic heterocycles. The van der Waals surface area contributed by atoms with Gasteiger partial charge in [-0.2, -0.15) is 0 Å². The molecule has 1 atom stereocenters. The van der Waals surface area contributed by atoms with Gasteiger partial charge in [0.1, 0.15) is 5.75 Å². The highest BCUT2D eigenvalue weighted by atomic mass is 35.5. The SMILES string of the molecule is COc1ccc([C@@H](N)CC(N)=O)cc1Cl. The molecule has 1 rings (SSSR count). The Morgan fingerprint density at radius 3 is 2.73 bits per heavy atom. The van der Waals surface area contributed by atoms with Crippen LogP contribution in [-0.2, 0) is 4.79 Å². The smallest absolute Gasteiger partial charge is 0.219 e. The maximum absolute atomic E-state index is 10.7. The minimum Gasteiger partial charge on any atom is -0.495 e. The summed E-state index contributed by atoms with van der Waals surface area (Å²) in [5.74, 6) is 0.140. The molecule has 1 aromatic carbocycles. The van der Waals surface area contributed by atoms with Gasteiger partial charge in [0, 0.05) is 12.5 Å². The van der Waals surface area contributed by atoms with Crippen molar-refractivity contribution >= 4 is 17.5 Å². The predicted octanol–water partition coefficient (Wildman–Crippen LogP) is 1.22. The highest BCUT2D eigenvalue weighted by Crippen LogP contribution is 2.27. The number of hydrogen-bond donors (Lipinski definition) is 2. The van der Waals surface area contributed by atoms with Gasteiger partial charge in [-0.3, -0.25) is 4.79 Å². The molecule has 4 N–H and O–H groups in total. The van der Waals surface area contributed by atoms with E-state index < -0.39 is 11.9 Å². The third kappa shape index (κ3) is 3.11. The first-order valence-corrected chi connectivity index (χ1v) is 4.79. The van der Waals surface area contributed by atoms with E-state index in [1.165, 1.54) is 7.11 Å². The fourth-order valence-electron chi connectivity index (χ4n) is 1.25. The summed E-state index contributed by atoms with van der Waals surface area (Å²) in [5, 5.41) is 0.468. The highest BCUT2D eigenvalue weighted by molar-refractivity contribution is 6.32. The molecule has 0 radical (unpaired) electrons. The van der Waals surface area contributed by atoms with E-state index in [-0.39, 0.29) is 6.42 Å². The van der Waals surface area contributed by atoms with Crippen molar-refractivity contribution in [2.24, 2.45) is 11.5 Å². The van der Waals surface area contributed by atoms with Gasteiger partial charge in [0.15, 0.2) is 0 Å². The predicted molar refractivity (Wildman–Crippen MR) is 58.7 cm³/mol. The van der Waals surface area contributed by atoms with E-state index in [0.717, 1.165) is 5.56 Å². The van der Waals surface area contributed by atoms with Gasteiger partial charge in [0.25, 0.3) is 0 Å². The van der Waals surface area contributed by atoms with E-state index >= 15 is 0 Å². The van der Waals surface area contributed by atoms with Gasteiger partial charge in [-0.05, 0) is 17.7 Å². The Bertz CT molecular complexity index is 368. The van der Waals surface area contributed by atoms with E-state index in [4.69, 9.17) is 27.8 Å². The lowest BCUT2D eigenvalue weighted by molar-refractivity contribution is -0.118. The summed E-state index contributed by atoms with van der Waals surface area (Å²) < 4.78 is 5.00. The topological polar surface area (TPSA) is 78.3 Å². The van der Waals surface area contributed by atoms with Gasteiger partial charge in [-0.15, -0.1) is 0 Å². The molecule has 0 saturated heterocycles. The van der Waals surface area contributed by atoms with Gasteiger partial charge in [-0.25, -0.2) is 0 Å². The number of methoxy groups -OCH3 is 1. The molecular formula is C10H13ClN2O2. The van der Waals surface area contributed by atoms with E-state index in [2.05, 4.69) is 0 Å². The zero-order chi connectivity index (χ0) is 11.4. The maximum atomic E-state index is 10.7. The largest absolute Gasteiger partial charge is 0.495 e. The second-order valence-corrected chi connectivity index (χ2v) is 3.58. The molecule has 0 spiro atoms. The Balaban J connectivity index is 2.87. The fourth-order valence-corrected chi connectivity index (χ4v) is 1.51. The first-order valence-electron chi connectivity index (χ1n) is 4.42. The molecule has 0 fully saturated rings. The minimum absolute atomic E-state index is 0.0999. The summed E-state index contributed by atoms with van der Waals surface area (Å²) in [6.45, 7) is 0. The average Bonchev–Trinajstić information content (AvgIpc) is 2.16. The molecule has 0 unspecified atom stereocenters. The van der Waals surface area contributed by atoms with E-state index in [0.29, 0.717) is 10.8 Å². The molecule has 15 heavy (non-hydrogen) atoms. The molecule has 0 heterocycles. The Hall–Kier alpha value is -1.26. The number of rotatable bonds is 4. The maximum Gasteiger partial charge on any atom is 0.219 e. The lowest BCUT2D eigenvalue weighted by Crippen LogP contribution is -2.20. The summed E-state index contributed by atoms with van der Waals surface area (Å²) in [4.78, 5) is 10.7. The van der Waals surface area contributed by atoms with Crippen LogP contribution in [0.5, 0.6) is 5.75 Å². The van der Waals surface area contributed by atoms with Gasteiger partial charge < -0.3 is 16.2 Å². The average molecular weight is 229 g/mol.